The molecule has 1 amide bonds. The minimum atomic E-state index is -2.93. The van der Waals surface area contributed by atoms with Crippen LogP contribution < -0.4 is 15.8 Å². The summed E-state index contributed by atoms with van der Waals surface area (Å²) in [5, 5.41) is 33.6. The molecule has 1 unspecified atom stereocenters. The van der Waals surface area contributed by atoms with E-state index in [4.69, 9.17) is 31.5 Å². The van der Waals surface area contributed by atoms with Gasteiger partial charge in [-0.2, -0.15) is 9.97 Å². The Morgan fingerprint density at radius 1 is 1.16 bits per heavy atom. The number of aliphatic hydroxyl groups is 1. The minimum Gasteiger partial charge on any atom is -0.496 e. The number of carbonyl (C=O) groups is 3. The number of nitrogen functional groups attached to an aromatic ring is 1. The fraction of sp³-hybridized carbons (Fsp3) is 0.286. The van der Waals surface area contributed by atoms with Crippen LogP contribution in [0.5, 0.6) is 5.75 Å². The number of nitrogens with zero attached hydrogens (tertiary/aromatic N) is 4. The van der Waals surface area contributed by atoms with E-state index in [-0.39, 0.29) is 33.4 Å². The van der Waals surface area contributed by atoms with Gasteiger partial charge in [0.15, 0.2) is 29.5 Å². The number of hydrogen-bond acceptors (Lipinski definition) is 11. The smallest absolute Gasteiger partial charge is 0.348 e. The molecule has 4 aromatic rings. The van der Waals surface area contributed by atoms with Crippen LogP contribution in [-0.4, -0.2) is 89.4 Å². The van der Waals surface area contributed by atoms with Crippen molar-refractivity contribution in [3.63, 3.8) is 0 Å². The average molecular weight is 643 g/mol. The Morgan fingerprint density at radius 2 is 1.84 bits per heavy atom. The Bertz CT molecular complexity index is 1830. The van der Waals surface area contributed by atoms with E-state index >= 15 is 4.39 Å². The second kappa shape index (κ2) is 10.9. The molecule has 1 saturated carbocycles. The first kappa shape index (κ1) is 30.1. The lowest BCUT2D eigenvalue weighted by Crippen LogP contribution is -2.53. The van der Waals surface area contributed by atoms with Crippen LogP contribution in [0.4, 0.5) is 15.9 Å². The number of hydrogen-bond donors (Lipinski definition) is 5. The quantitative estimate of drug-likeness (QED) is 0.123. The second-order valence-electron chi connectivity index (χ2n) is 10.4. The number of anilines is 2. The lowest BCUT2D eigenvalue weighted by molar-refractivity contribution is -0.194. The maximum absolute atomic E-state index is 15.7. The van der Waals surface area contributed by atoms with Crippen LogP contribution in [-0.2, 0) is 25.5 Å². The van der Waals surface area contributed by atoms with Gasteiger partial charge in [-0.1, -0.05) is 24.3 Å². The summed E-state index contributed by atoms with van der Waals surface area (Å²) in [4.78, 5) is 49.3. The summed E-state index contributed by atoms with van der Waals surface area (Å²) in [5.74, 6) is -3.95. The number of para-hydroxylation sites is 1. The molecule has 0 bridgehead atoms. The molecule has 1 aliphatic carbocycles. The molecule has 5 atom stereocenters. The Hall–Kier alpha value is -4.90. The highest BCUT2D eigenvalue weighted by Crippen LogP contribution is 2.58. The molecule has 2 aliphatic rings. The summed E-state index contributed by atoms with van der Waals surface area (Å²) in [7, 11) is 1.43. The van der Waals surface area contributed by atoms with Crippen LogP contribution >= 0.6 is 11.6 Å². The largest absolute Gasteiger partial charge is 0.496 e. The topological polar surface area (TPSA) is 221 Å². The summed E-state index contributed by atoms with van der Waals surface area (Å²) in [6.07, 6.45) is -6.32. The monoisotopic (exact) mass is 642 g/mol. The molecule has 15 nitrogen and oxygen atoms in total. The van der Waals surface area contributed by atoms with Crippen molar-refractivity contribution in [2.75, 3.05) is 18.2 Å². The highest BCUT2D eigenvalue weighted by molar-refractivity contribution is 6.28. The molecule has 6 rings (SSSR count). The number of amides is 1. The molecule has 1 aliphatic heterocycles. The summed E-state index contributed by atoms with van der Waals surface area (Å²) < 4.78 is 33.2. The lowest BCUT2D eigenvalue weighted by Gasteiger charge is -2.28. The number of nitrogens with one attached hydrogen (secondary N) is 1. The van der Waals surface area contributed by atoms with Gasteiger partial charge in [-0.05, 0) is 41.4 Å². The molecule has 2 fully saturated rings. The maximum atomic E-state index is 15.7. The van der Waals surface area contributed by atoms with Crippen LogP contribution in [0.25, 0.3) is 11.2 Å². The van der Waals surface area contributed by atoms with Crippen molar-refractivity contribution in [2.45, 2.75) is 42.2 Å². The van der Waals surface area contributed by atoms with E-state index in [1.165, 1.54) is 31.4 Å². The number of aliphatic carboxylic acids is 2. The molecule has 6 N–H and O–H groups in total. The molecular formula is C28H24ClFN6O9. The normalized spacial score (nSPS) is 23.8. The Balaban J connectivity index is 1.19. The fourth-order valence-corrected chi connectivity index (χ4v) is 5.53. The first-order valence-electron chi connectivity index (χ1n) is 13.3. The first-order valence-corrected chi connectivity index (χ1v) is 13.6. The molecule has 45 heavy (non-hydrogen) atoms. The summed E-state index contributed by atoms with van der Waals surface area (Å²) in [5.41, 5.74) is 1.42. The van der Waals surface area contributed by atoms with Gasteiger partial charge in [0.1, 0.15) is 23.5 Å². The number of imidazole rings is 1. The minimum absolute atomic E-state index is 0.0236. The average Bonchev–Trinajstić information content (AvgIpc) is 3.24. The van der Waals surface area contributed by atoms with E-state index in [0.29, 0.717) is 11.4 Å². The molecule has 0 radical (unpaired) electrons. The van der Waals surface area contributed by atoms with E-state index in [9.17, 15) is 29.7 Å². The molecule has 0 spiro atoms. The molecule has 2 aromatic carbocycles. The highest BCUT2D eigenvalue weighted by Gasteiger charge is 2.80. The van der Waals surface area contributed by atoms with Crippen LogP contribution in [0, 0.1) is 0 Å². The van der Waals surface area contributed by atoms with Crippen LogP contribution in [0.1, 0.15) is 22.1 Å². The van der Waals surface area contributed by atoms with Crippen molar-refractivity contribution in [3.8, 4) is 5.75 Å². The number of carboxylic acids is 2. The molecule has 2 aromatic heterocycles. The first-order chi connectivity index (χ1) is 21.4. The maximum Gasteiger partial charge on any atom is 0.348 e. The van der Waals surface area contributed by atoms with Gasteiger partial charge < -0.3 is 40.6 Å². The SMILES string of the molecule is COc1ccccc1C(=O)Nc1ccc(CC(OC2[C@H]3O[C@@H](n4cnc5c(N)nc(Cl)nc54)[C@@H](F)[C@@]23O)(C(=O)O)C(=O)O)cc1. The number of methoxy groups -OCH3 is 1. The van der Waals surface area contributed by atoms with Gasteiger partial charge in [0.05, 0.1) is 19.0 Å². The molecular weight excluding hydrogens is 619 g/mol. The third-order valence-electron chi connectivity index (χ3n) is 7.79. The van der Waals surface area contributed by atoms with E-state index < -0.39 is 60.1 Å². The standard InChI is InChI=1S/C28H24ClFN6O9/c1-43-15-5-3-2-4-14(15)22(37)33-13-8-6-12(7-9-13)10-27(24(38)39,25(40)41)45-19-18-28(19,42)17(30)23(44-18)36-11-32-16-20(31)34-26(29)35-21(16)36/h2-9,11,17-19,23,42H,10H2,1H3,(H,33,37)(H,38,39)(H,40,41)(H2,31,34,35)/t17-,18-,19?,23-,28+/m1/s1. The number of alkyl halides is 1. The van der Waals surface area contributed by atoms with Gasteiger partial charge >= 0.3 is 11.9 Å². The van der Waals surface area contributed by atoms with Crippen LogP contribution in [0.15, 0.2) is 54.9 Å². The predicted molar refractivity (Wildman–Crippen MR) is 152 cm³/mol. The van der Waals surface area contributed by atoms with Gasteiger partial charge in [-0.25, -0.2) is 19.0 Å². The van der Waals surface area contributed by atoms with Crippen LogP contribution in [0.2, 0.25) is 5.28 Å². The zero-order chi connectivity index (χ0) is 32.3. The van der Waals surface area contributed by atoms with Gasteiger partial charge in [-0.15, -0.1) is 0 Å². The number of fused-ring (bicyclic) bond motifs is 2. The number of ether oxygens (including phenoxy) is 3. The van der Waals surface area contributed by atoms with E-state index in [2.05, 4.69) is 20.3 Å². The van der Waals surface area contributed by atoms with Gasteiger partial charge in [0, 0.05) is 12.1 Å². The number of carboxylic acid groups (broad SMARTS) is 2. The van der Waals surface area contributed by atoms with Gasteiger partial charge in [0.25, 0.3) is 11.5 Å². The predicted octanol–water partition coefficient (Wildman–Crippen LogP) is 1.84. The van der Waals surface area contributed by atoms with E-state index in [0.717, 1.165) is 10.9 Å². The highest BCUT2D eigenvalue weighted by atomic mass is 35.5. The Morgan fingerprint density at radius 3 is 2.47 bits per heavy atom. The van der Waals surface area contributed by atoms with Gasteiger partial charge in [-0.3, -0.25) is 9.36 Å². The van der Waals surface area contributed by atoms with Gasteiger partial charge in [0.2, 0.25) is 5.28 Å². The summed E-state index contributed by atoms with van der Waals surface area (Å²) >= 11 is 5.87. The summed E-state index contributed by atoms with van der Waals surface area (Å²) in [6, 6.07) is 12.3. The zero-order valence-electron chi connectivity index (χ0n) is 23.1. The fourth-order valence-electron chi connectivity index (χ4n) is 5.36. The van der Waals surface area contributed by atoms with Crippen LogP contribution in [0.3, 0.4) is 0 Å². The third kappa shape index (κ3) is 4.87. The van der Waals surface area contributed by atoms with Crippen molar-refractivity contribution < 1.29 is 48.3 Å². The Kier molecular flexibility index (Phi) is 7.31. The zero-order valence-corrected chi connectivity index (χ0v) is 23.9. The van der Waals surface area contributed by atoms with Crippen molar-refractivity contribution >= 4 is 52.1 Å². The number of aromatic nitrogens is 4. The Labute approximate surface area is 257 Å². The number of carbonyl (C=O) groups excluding carboxylic acids is 1. The number of nitrogens with two attached hydrogens (primary N) is 1. The van der Waals surface area contributed by atoms with Crippen molar-refractivity contribution in [1.82, 2.24) is 19.5 Å². The van der Waals surface area contributed by atoms with Crippen molar-refractivity contribution in [2.24, 2.45) is 0 Å². The molecule has 3 heterocycles. The van der Waals surface area contributed by atoms with Crippen molar-refractivity contribution in [1.29, 1.82) is 0 Å². The van der Waals surface area contributed by atoms with E-state index in [1.807, 2.05) is 0 Å². The summed E-state index contributed by atoms with van der Waals surface area (Å²) in [6.45, 7) is 0. The lowest BCUT2D eigenvalue weighted by atomic mass is 9.94. The molecule has 234 valence electrons. The number of benzene rings is 2. The number of rotatable bonds is 10. The number of halogens is 2. The molecule has 17 heteroatoms. The van der Waals surface area contributed by atoms with Crippen molar-refractivity contribution in [3.05, 3.63) is 71.3 Å². The second-order valence-corrected chi connectivity index (χ2v) is 10.8. The van der Waals surface area contributed by atoms with E-state index in [1.54, 1.807) is 24.3 Å². The third-order valence-corrected chi connectivity index (χ3v) is 7.96. The molecule has 1 saturated heterocycles.